The van der Waals surface area contributed by atoms with Gasteiger partial charge in [0.25, 0.3) is 11.8 Å². The molecule has 9 nitrogen and oxygen atoms in total. The van der Waals surface area contributed by atoms with Crippen molar-refractivity contribution in [2.45, 2.75) is 12.5 Å². The molecule has 0 bridgehead atoms. The minimum Gasteiger partial charge on any atom is -0.497 e. The van der Waals surface area contributed by atoms with E-state index in [1.807, 2.05) is 60.3 Å². The van der Waals surface area contributed by atoms with E-state index >= 15 is 0 Å². The number of amides is 2. The van der Waals surface area contributed by atoms with Crippen molar-refractivity contribution in [3.05, 3.63) is 89.7 Å². The van der Waals surface area contributed by atoms with E-state index in [9.17, 15) is 9.59 Å². The van der Waals surface area contributed by atoms with E-state index in [-0.39, 0.29) is 24.4 Å². The Labute approximate surface area is 229 Å². The van der Waals surface area contributed by atoms with Crippen LogP contribution in [0.5, 0.6) is 5.75 Å². The molecule has 2 aliphatic rings. The van der Waals surface area contributed by atoms with Gasteiger partial charge in [-0.2, -0.15) is 5.10 Å². The van der Waals surface area contributed by atoms with Gasteiger partial charge in [0, 0.05) is 51.4 Å². The smallest absolute Gasteiger partial charge is 0.262 e. The van der Waals surface area contributed by atoms with Crippen molar-refractivity contribution in [2.24, 2.45) is 12.1 Å². The number of carbonyl (C=O) groups excluding carboxylic acids is 2. The quantitative estimate of drug-likeness (QED) is 0.426. The van der Waals surface area contributed by atoms with Crippen molar-refractivity contribution < 1.29 is 19.1 Å². The van der Waals surface area contributed by atoms with Crippen molar-refractivity contribution in [1.29, 1.82) is 0 Å². The Kier molecular flexibility index (Phi) is 8.39. The predicted molar refractivity (Wildman–Crippen MR) is 149 cm³/mol. The van der Waals surface area contributed by atoms with Crippen molar-refractivity contribution >= 4 is 17.5 Å². The maximum absolute atomic E-state index is 13.9. The minimum atomic E-state index is -0.235. The molecule has 2 amide bonds. The van der Waals surface area contributed by atoms with Crippen LogP contribution in [0.25, 0.3) is 0 Å². The van der Waals surface area contributed by atoms with E-state index in [4.69, 9.17) is 14.6 Å². The van der Waals surface area contributed by atoms with Gasteiger partial charge in [-0.15, -0.1) is 0 Å². The summed E-state index contributed by atoms with van der Waals surface area (Å²) in [6.45, 7) is 3.99. The maximum Gasteiger partial charge on any atom is 0.262 e. The molecule has 1 unspecified atom stereocenters. The third kappa shape index (κ3) is 6.21. The number of hydrazone groups is 1. The fraction of sp³-hybridized carbons (Fsp3) is 0.367. The highest BCUT2D eigenvalue weighted by Gasteiger charge is 2.35. The lowest BCUT2D eigenvalue weighted by Gasteiger charge is -2.31. The zero-order valence-electron chi connectivity index (χ0n) is 22.5. The molecule has 3 heterocycles. The highest BCUT2D eigenvalue weighted by Crippen LogP contribution is 2.33. The number of hydrogen-bond acceptors (Lipinski definition) is 6. The Hall–Kier alpha value is -3.95. The fourth-order valence-electron chi connectivity index (χ4n) is 5.08. The molecule has 1 fully saturated rings. The van der Waals surface area contributed by atoms with Crippen molar-refractivity contribution in [3.63, 3.8) is 0 Å². The first-order valence-electron chi connectivity index (χ1n) is 13.3. The van der Waals surface area contributed by atoms with Crippen molar-refractivity contribution in [3.8, 4) is 5.75 Å². The second-order valence-electron chi connectivity index (χ2n) is 9.83. The Morgan fingerprint density at radius 1 is 1.03 bits per heavy atom. The molecule has 0 N–H and O–H groups in total. The molecule has 9 heteroatoms. The molecule has 0 saturated carbocycles. The Bertz CT molecular complexity index is 1300. The number of hydrogen-bond donors (Lipinski definition) is 0. The van der Waals surface area contributed by atoms with Gasteiger partial charge >= 0.3 is 0 Å². The summed E-state index contributed by atoms with van der Waals surface area (Å²) in [6.07, 6.45) is 2.58. The summed E-state index contributed by atoms with van der Waals surface area (Å²) in [4.78, 5) is 31.4. The third-order valence-electron chi connectivity index (χ3n) is 7.33. The van der Waals surface area contributed by atoms with Crippen LogP contribution in [0.1, 0.15) is 34.1 Å². The van der Waals surface area contributed by atoms with E-state index in [1.54, 1.807) is 41.3 Å². The number of benzene rings is 2. The van der Waals surface area contributed by atoms with Crippen LogP contribution in [0.15, 0.2) is 78.0 Å². The first-order valence-corrected chi connectivity index (χ1v) is 13.3. The number of methoxy groups -OCH3 is 1. The SMILES string of the molecule is COc1ccc(C(=O)N(CCN2CCOCC2)CC(=O)N2N=C(c3cccn3C)CC2c2ccccc2)cc1. The molecular weight excluding hydrogens is 494 g/mol. The summed E-state index contributed by atoms with van der Waals surface area (Å²) in [5, 5.41) is 6.38. The van der Waals surface area contributed by atoms with Crippen LogP contribution in [-0.2, 0) is 16.6 Å². The first-order chi connectivity index (χ1) is 19.0. The van der Waals surface area contributed by atoms with E-state index in [2.05, 4.69) is 4.90 Å². The lowest BCUT2D eigenvalue weighted by Crippen LogP contribution is -2.46. The number of nitrogens with zero attached hydrogens (tertiary/aromatic N) is 5. The Morgan fingerprint density at radius 3 is 2.44 bits per heavy atom. The second kappa shape index (κ2) is 12.3. The molecule has 2 aliphatic heterocycles. The zero-order valence-corrected chi connectivity index (χ0v) is 22.5. The van der Waals surface area contributed by atoms with Gasteiger partial charge in [0.15, 0.2) is 0 Å². The van der Waals surface area contributed by atoms with Crippen LogP contribution in [0.2, 0.25) is 0 Å². The monoisotopic (exact) mass is 529 g/mol. The van der Waals surface area contributed by atoms with Gasteiger partial charge in [-0.05, 0) is 42.0 Å². The van der Waals surface area contributed by atoms with Crippen LogP contribution in [0.4, 0.5) is 0 Å². The summed E-state index contributed by atoms with van der Waals surface area (Å²) in [7, 11) is 3.56. The number of aromatic nitrogens is 1. The normalized spacial score (nSPS) is 17.6. The topological polar surface area (TPSA) is 79.6 Å². The molecule has 5 rings (SSSR count). The van der Waals surface area contributed by atoms with Gasteiger partial charge in [0.05, 0.1) is 37.8 Å². The van der Waals surface area contributed by atoms with Gasteiger partial charge in [-0.3, -0.25) is 14.5 Å². The largest absolute Gasteiger partial charge is 0.497 e. The van der Waals surface area contributed by atoms with Crippen LogP contribution >= 0.6 is 0 Å². The fourth-order valence-corrected chi connectivity index (χ4v) is 5.08. The van der Waals surface area contributed by atoms with E-state index in [0.717, 1.165) is 30.1 Å². The Morgan fingerprint density at radius 2 is 1.77 bits per heavy atom. The number of ether oxygens (including phenoxy) is 2. The second-order valence-corrected chi connectivity index (χ2v) is 9.83. The average molecular weight is 530 g/mol. The van der Waals surface area contributed by atoms with Crippen LogP contribution in [0, 0.1) is 0 Å². The number of carbonyl (C=O) groups is 2. The summed E-state index contributed by atoms with van der Waals surface area (Å²) in [5.41, 5.74) is 3.36. The van der Waals surface area contributed by atoms with Gasteiger partial charge in [-0.25, -0.2) is 5.01 Å². The molecule has 39 heavy (non-hydrogen) atoms. The standard InChI is InChI=1S/C30H35N5O4/c1-32-14-6-9-27(32)26-21-28(23-7-4-3-5-8-23)35(31-26)29(36)22-34(16-15-33-17-19-39-20-18-33)30(37)24-10-12-25(38-2)13-11-24/h3-14,28H,15-22H2,1-2H3. The molecular formula is C30H35N5O4. The highest BCUT2D eigenvalue weighted by molar-refractivity contribution is 6.02. The molecule has 0 radical (unpaired) electrons. The van der Waals surface area contributed by atoms with Crippen LogP contribution in [0.3, 0.4) is 0 Å². The molecule has 3 aromatic rings. The summed E-state index contributed by atoms with van der Waals surface area (Å²) < 4.78 is 12.7. The number of rotatable bonds is 9. The molecule has 0 aliphatic carbocycles. The van der Waals surface area contributed by atoms with Crippen LogP contribution in [-0.4, -0.2) is 89.9 Å². The molecule has 0 spiro atoms. The molecule has 1 saturated heterocycles. The van der Waals surface area contributed by atoms with Gasteiger partial charge in [0.1, 0.15) is 12.3 Å². The van der Waals surface area contributed by atoms with E-state index in [0.29, 0.717) is 44.0 Å². The predicted octanol–water partition coefficient (Wildman–Crippen LogP) is 3.19. The van der Waals surface area contributed by atoms with Gasteiger partial charge < -0.3 is 18.9 Å². The lowest BCUT2D eigenvalue weighted by molar-refractivity contribution is -0.133. The zero-order chi connectivity index (χ0) is 27.2. The summed E-state index contributed by atoms with van der Waals surface area (Å²) in [6, 6.07) is 20.7. The molecule has 1 aromatic heterocycles. The summed E-state index contributed by atoms with van der Waals surface area (Å²) in [5.74, 6) is 0.270. The Balaban J connectivity index is 1.39. The third-order valence-corrected chi connectivity index (χ3v) is 7.33. The number of morpholine rings is 1. The van der Waals surface area contributed by atoms with E-state index < -0.39 is 0 Å². The van der Waals surface area contributed by atoms with Gasteiger partial charge in [-0.1, -0.05) is 30.3 Å². The molecule has 2 aromatic carbocycles. The molecule has 1 atom stereocenters. The van der Waals surface area contributed by atoms with Crippen LogP contribution < -0.4 is 4.74 Å². The number of aryl methyl sites for hydroxylation is 1. The maximum atomic E-state index is 13.9. The first kappa shape index (κ1) is 26.6. The highest BCUT2D eigenvalue weighted by atomic mass is 16.5. The van der Waals surface area contributed by atoms with E-state index in [1.165, 1.54) is 0 Å². The average Bonchev–Trinajstić information content (AvgIpc) is 3.62. The van der Waals surface area contributed by atoms with Crippen molar-refractivity contribution in [1.82, 2.24) is 19.4 Å². The lowest BCUT2D eigenvalue weighted by atomic mass is 10.0. The molecule has 204 valence electrons. The minimum absolute atomic E-state index is 0.0670. The summed E-state index contributed by atoms with van der Waals surface area (Å²) >= 11 is 0. The van der Waals surface area contributed by atoms with Gasteiger partial charge in [0.2, 0.25) is 0 Å². The van der Waals surface area contributed by atoms with Crippen molar-refractivity contribution in [2.75, 3.05) is 53.0 Å².